The first-order valence-electron chi connectivity index (χ1n) is 14.8. The van der Waals surface area contributed by atoms with Crippen LogP contribution in [0.1, 0.15) is 36.8 Å². The van der Waals surface area contributed by atoms with Gasteiger partial charge in [-0.15, -0.1) is 17.5 Å². The molecule has 3 aromatic carbocycles. The van der Waals surface area contributed by atoms with Gasteiger partial charge in [0, 0.05) is 43.4 Å². The topological polar surface area (TPSA) is 142 Å². The van der Waals surface area contributed by atoms with Gasteiger partial charge in [-0.2, -0.15) is 0 Å². The van der Waals surface area contributed by atoms with Gasteiger partial charge < -0.3 is 21.3 Å². The quantitative estimate of drug-likeness (QED) is 0.201. The van der Waals surface area contributed by atoms with E-state index in [1.54, 1.807) is 12.1 Å². The molecule has 1 fully saturated rings. The van der Waals surface area contributed by atoms with Crippen LogP contribution in [-0.4, -0.2) is 59.1 Å². The number of nitrogens with one attached hydrogen (secondary N) is 3. The lowest BCUT2D eigenvalue weighted by Crippen LogP contribution is -2.48. The van der Waals surface area contributed by atoms with Crippen molar-refractivity contribution >= 4 is 35.6 Å². The van der Waals surface area contributed by atoms with Crippen molar-refractivity contribution in [2.24, 2.45) is 17.6 Å². The normalized spacial score (nSPS) is 16.8. The highest BCUT2D eigenvalue weighted by Gasteiger charge is 2.29. The Bertz CT molecular complexity index is 1520. The fourth-order valence-corrected chi connectivity index (χ4v) is 5.64. The molecule has 2 amide bonds. The lowest BCUT2D eigenvalue weighted by atomic mass is 9.81. The van der Waals surface area contributed by atoms with Crippen LogP contribution in [0.15, 0.2) is 66.7 Å². The van der Waals surface area contributed by atoms with Gasteiger partial charge in [-0.25, -0.2) is 5.10 Å². The van der Waals surface area contributed by atoms with E-state index in [1.807, 2.05) is 38.4 Å². The summed E-state index contributed by atoms with van der Waals surface area (Å²) in [7, 11) is 4.06. The Morgan fingerprint density at radius 1 is 0.977 bits per heavy atom. The molecule has 1 aliphatic rings. The van der Waals surface area contributed by atoms with Crippen molar-refractivity contribution in [2.45, 2.75) is 45.1 Å². The van der Waals surface area contributed by atoms with Crippen molar-refractivity contribution in [1.82, 2.24) is 25.9 Å². The van der Waals surface area contributed by atoms with Gasteiger partial charge in [-0.3, -0.25) is 9.59 Å². The summed E-state index contributed by atoms with van der Waals surface area (Å²) in [5, 5.41) is 19.9. The predicted molar refractivity (Wildman–Crippen MR) is 177 cm³/mol. The van der Waals surface area contributed by atoms with E-state index in [1.165, 1.54) is 5.56 Å². The minimum atomic E-state index is -0.734. The Kier molecular flexibility index (Phi) is 11.1. The molecule has 1 aliphatic carbocycles. The molecule has 0 aliphatic heterocycles. The maximum atomic E-state index is 13.6. The summed E-state index contributed by atoms with van der Waals surface area (Å²) in [5.74, 6) is 0.564. The van der Waals surface area contributed by atoms with Crippen molar-refractivity contribution < 1.29 is 9.59 Å². The monoisotopic (exact) mass is 616 g/mol. The lowest BCUT2D eigenvalue weighted by molar-refractivity contribution is -0.130. The van der Waals surface area contributed by atoms with E-state index in [4.69, 9.17) is 5.73 Å². The number of rotatable bonds is 10. The van der Waals surface area contributed by atoms with Gasteiger partial charge in [0.2, 0.25) is 11.8 Å². The second kappa shape index (κ2) is 14.9. The number of anilines is 2. The molecule has 0 spiro atoms. The average molecular weight is 617 g/mol. The summed E-state index contributed by atoms with van der Waals surface area (Å²) in [6.45, 7) is 2.76. The molecule has 1 aromatic heterocycles. The van der Waals surface area contributed by atoms with Gasteiger partial charge in [-0.1, -0.05) is 30.3 Å². The van der Waals surface area contributed by atoms with Gasteiger partial charge in [-0.05, 0) is 114 Å². The number of aromatic nitrogens is 4. The highest BCUT2D eigenvalue weighted by Crippen LogP contribution is 2.30. The van der Waals surface area contributed by atoms with Crippen molar-refractivity contribution in [3.05, 3.63) is 77.9 Å². The number of aromatic amines is 1. The molecule has 10 nitrogen and oxygen atoms in total. The summed E-state index contributed by atoms with van der Waals surface area (Å²) in [5.41, 5.74) is 12.8. The van der Waals surface area contributed by atoms with E-state index in [0.717, 1.165) is 53.6 Å². The van der Waals surface area contributed by atoms with E-state index < -0.39 is 6.04 Å². The van der Waals surface area contributed by atoms with Crippen LogP contribution < -0.4 is 21.3 Å². The summed E-state index contributed by atoms with van der Waals surface area (Å²) >= 11 is 0. The van der Waals surface area contributed by atoms with Crippen LogP contribution in [0, 0.1) is 18.8 Å². The van der Waals surface area contributed by atoms with Crippen LogP contribution in [0.25, 0.3) is 22.5 Å². The zero-order valence-corrected chi connectivity index (χ0v) is 26.2. The smallest absolute Gasteiger partial charge is 0.247 e. The van der Waals surface area contributed by atoms with Gasteiger partial charge >= 0.3 is 0 Å². The molecular formula is C33H41ClN8O2. The van der Waals surface area contributed by atoms with Crippen LogP contribution >= 0.6 is 12.4 Å². The van der Waals surface area contributed by atoms with E-state index >= 15 is 0 Å². The highest BCUT2D eigenvalue weighted by atomic mass is 35.5. The van der Waals surface area contributed by atoms with Crippen molar-refractivity contribution in [1.29, 1.82) is 0 Å². The molecule has 1 heterocycles. The molecule has 44 heavy (non-hydrogen) atoms. The number of H-pyrrole nitrogens is 1. The standard InChI is InChI=1S/C33H40N8O2.ClH/c1-21-4-17-28(41(2)3)19-29(21)24-9-5-22(6-10-24)18-30(36-32(42)26-11-7-23(20-34)8-12-26)33(43)35-27-15-13-25(14-16-27)31-37-39-40-38-31;/h4-6,9-10,13-17,19,23,26,30H,7-8,11-12,18,20,34H2,1-3H3,(H,35,43)(H,36,42)(H,37,38,39,40);1H/t23-,26-,30-;/m0./s1. The number of carbonyl (C=O) groups is 2. The van der Waals surface area contributed by atoms with Crippen LogP contribution in [0.2, 0.25) is 0 Å². The predicted octanol–water partition coefficient (Wildman–Crippen LogP) is 4.76. The van der Waals surface area contributed by atoms with E-state index in [0.29, 0.717) is 30.4 Å². The number of nitrogens with zero attached hydrogens (tertiary/aromatic N) is 4. The minimum absolute atomic E-state index is 0. The molecule has 11 heteroatoms. The third kappa shape index (κ3) is 8.00. The second-order valence-corrected chi connectivity index (χ2v) is 11.6. The lowest BCUT2D eigenvalue weighted by Gasteiger charge is -2.28. The van der Waals surface area contributed by atoms with Crippen molar-refractivity contribution in [3.8, 4) is 22.5 Å². The number of amides is 2. The highest BCUT2D eigenvalue weighted by molar-refractivity contribution is 5.97. The van der Waals surface area contributed by atoms with Crippen LogP contribution in [0.5, 0.6) is 0 Å². The number of nitrogens with two attached hydrogens (primary N) is 1. The number of tetrazole rings is 1. The van der Waals surface area contributed by atoms with Crippen molar-refractivity contribution in [3.63, 3.8) is 0 Å². The van der Waals surface area contributed by atoms with Gasteiger partial charge in [0.1, 0.15) is 6.04 Å². The van der Waals surface area contributed by atoms with Crippen LogP contribution in [0.3, 0.4) is 0 Å². The number of carbonyl (C=O) groups excluding carboxylic acids is 2. The summed E-state index contributed by atoms with van der Waals surface area (Å²) < 4.78 is 0. The molecule has 1 atom stereocenters. The summed E-state index contributed by atoms with van der Waals surface area (Å²) in [6.07, 6.45) is 3.83. The van der Waals surface area contributed by atoms with Crippen LogP contribution in [-0.2, 0) is 16.0 Å². The largest absolute Gasteiger partial charge is 0.378 e. The molecule has 0 unspecified atom stereocenters. The molecule has 0 radical (unpaired) electrons. The molecule has 5 N–H and O–H groups in total. The number of benzene rings is 3. The molecule has 0 saturated heterocycles. The van der Waals surface area contributed by atoms with E-state index in [-0.39, 0.29) is 30.1 Å². The fraction of sp³-hybridized carbons (Fsp3) is 0.364. The summed E-state index contributed by atoms with van der Waals surface area (Å²) in [6, 6.07) is 21.2. The van der Waals surface area contributed by atoms with Crippen LogP contribution in [0.4, 0.5) is 11.4 Å². The van der Waals surface area contributed by atoms with Gasteiger partial charge in [0.25, 0.3) is 0 Å². The number of hydrogen-bond acceptors (Lipinski definition) is 7. The Morgan fingerprint density at radius 3 is 2.27 bits per heavy atom. The maximum Gasteiger partial charge on any atom is 0.247 e. The molecule has 0 bridgehead atoms. The first-order valence-corrected chi connectivity index (χ1v) is 14.8. The number of hydrogen-bond donors (Lipinski definition) is 4. The molecule has 5 rings (SSSR count). The first-order chi connectivity index (χ1) is 20.8. The summed E-state index contributed by atoms with van der Waals surface area (Å²) in [4.78, 5) is 29.0. The van der Waals surface area contributed by atoms with E-state index in [9.17, 15) is 9.59 Å². The Hall–Kier alpha value is -4.28. The minimum Gasteiger partial charge on any atom is -0.378 e. The average Bonchev–Trinajstić information content (AvgIpc) is 3.57. The van der Waals surface area contributed by atoms with E-state index in [2.05, 4.69) is 73.4 Å². The SMILES string of the molecule is Cc1ccc(N(C)C)cc1-c1ccc(C[C@H](NC(=O)[C@H]2CC[C@H](CN)CC2)C(=O)Nc2ccc(-c3nnn[nH]3)cc2)cc1.Cl. The molecule has 4 aromatic rings. The second-order valence-electron chi connectivity index (χ2n) is 11.6. The third-order valence-electron chi connectivity index (χ3n) is 8.40. The zero-order valence-electron chi connectivity index (χ0n) is 25.4. The maximum absolute atomic E-state index is 13.6. The van der Waals surface area contributed by atoms with Crippen molar-refractivity contribution in [2.75, 3.05) is 30.9 Å². The third-order valence-corrected chi connectivity index (χ3v) is 8.40. The molecular weight excluding hydrogens is 576 g/mol. The fourth-order valence-electron chi connectivity index (χ4n) is 5.64. The van der Waals surface area contributed by atoms with Gasteiger partial charge in [0.05, 0.1) is 0 Å². The van der Waals surface area contributed by atoms with Gasteiger partial charge in [0.15, 0.2) is 5.82 Å². The Morgan fingerprint density at radius 2 is 1.66 bits per heavy atom. The molecule has 1 saturated carbocycles. The number of aryl methyl sites for hydroxylation is 1. The number of halogens is 1. The first kappa shape index (κ1) is 32.6. The zero-order chi connectivity index (χ0) is 30.3. The Balaban J connectivity index is 0.00000442. The Labute approximate surface area is 264 Å². The molecule has 232 valence electrons.